The number of nitrogens with zero attached hydrogens (tertiary/aromatic N) is 1. The predicted molar refractivity (Wildman–Crippen MR) is 119 cm³/mol. The summed E-state index contributed by atoms with van der Waals surface area (Å²) in [6.45, 7) is 3.63. The maximum Gasteiger partial charge on any atom is 0.255 e. The molecule has 31 heavy (non-hydrogen) atoms. The molecule has 1 saturated heterocycles. The molecule has 1 aliphatic heterocycles. The van der Waals surface area contributed by atoms with Crippen LogP contribution in [0.15, 0.2) is 48.5 Å². The number of hydrogen-bond donors (Lipinski definition) is 2. The first kappa shape index (κ1) is 22.5. The molecule has 0 unspecified atom stereocenters. The van der Waals surface area contributed by atoms with E-state index in [1.165, 1.54) is 0 Å². The zero-order chi connectivity index (χ0) is 22.2. The highest BCUT2D eigenvalue weighted by Crippen LogP contribution is 2.21. The summed E-state index contributed by atoms with van der Waals surface area (Å²) < 4.78 is 4.99. The lowest BCUT2D eigenvalue weighted by atomic mass is 10.1. The van der Waals surface area contributed by atoms with Gasteiger partial charge in [0.15, 0.2) is 0 Å². The Labute approximate surface area is 182 Å². The first-order valence-electron chi connectivity index (χ1n) is 10.6. The number of likely N-dealkylation sites (tertiary alicyclic amines) is 1. The van der Waals surface area contributed by atoms with Crippen LogP contribution in [-0.2, 0) is 9.53 Å². The molecule has 0 bridgehead atoms. The minimum atomic E-state index is -0.448. The van der Waals surface area contributed by atoms with Gasteiger partial charge in [-0.15, -0.1) is 0 Å². The summed E-state index contributed by atoms with van der Waals surface area (Å²) >= 11 is 0. The zero-order valence-corrected chi connectivity index (χ0v) is 18.0. The lowest BCUT2D eigenvalue weighted by Crippen LogP contribution is -2.46. The van der Waals surface area contributed by atoms with E-state index in [2.05, 4.69) is 10.6 Å². The summed E-state index contributed by atoms with van der Waals surface area (Å²) in [5.41, 5.74) is 2.76. The van der Waals surface area contributed by atoms with Crippen molar-refractivity contribution in [3.8, 4) is 0 Å². The van der Waals surface area contributed by atoms with Crippen LogP contribution in [0.2, 0.25) is 0 Å². The molecular weight excluding hydrogens is 394 g/mol. The number of hydrogen-bond acceptors (Lipinski definition) is 4. The van der Waals surface area contributed by atoms with Gasteiger partial charge in [-0.2, -0.15) is 0 Å². The fourth-order valence-corrected chi connectivity index (χ4v) is 3.60. The maximum atomic E-state index is 13.0. The van der Waals surface area contributed by atoms with Gasteiger partial charge in [0.25, 0.3) is 11.8 Å². The zero-order valence-electron chi connectivity index (χ0n) is 18.0. The molecule has 1 heterocycles. The Kier molecular flexibility index (Phi) is 7.78. The fourth-order valence-electron chi connectivity index (χ4n) is 3.60. The molecule has 2 N–H and O–H groups in total. The monoisotopic (exact) mass is 423 g/mol. The summed E-state index contributed by atoms with van der Waals surface area (Å²) in [7, 11) is 1.62. The third kappa shape index (κ3) is 5.92. The normalized spacial score (nSPS) is 15.5. The van der Waals surface area contributed by atoms with Gasteiger partial charge in [0, 0.05) is 43.6 Å². The van der Waals surface area contributed by atoms with Crippen LogP contribution in [0.3, 0.4) is 0 Å². The highest BCUT2D eigenvalue weighted by atomic mass is 16.5. The second-order valence-electron chi connectivity index (χ2n) is 7.69. The predicted octanol–water partition coefficient (Wildman–Crippen LogP) is 3.00. The van der Waals surface area contributed by atoms with E-state index < -0.39 is 6.04 Å². The molecule has 2 aromatic carbocycles. The van der Waals surface area contributed by atoms with E-state index >= 15 is 0 Å². The Morgan fingerprint density at radius 2 is 1.71 bits per heavy atom. The number of carbonyl (C=O) groups is 3. The van der Waals surface area contributed by atoms with Gasteiger partial charge in [0.2, 0.25) is 5.91 Å². The van der Waals surface area contributed by atoms with Gasteiger partial charge in [-0.3, -0.25) is 14.4 Å². The summed E-state index contributed by atoms with van der Waals surface area (Å²) in [6, 6.07) is 13.6. The van der Waals surface area contributed by atoms with E-state index in [0.717, 1.165) is 18.4 Å². The van der Waals surface area contributed by atoms with Crippen LogP contribution in [-0.4, -0.2) is 55.5 Å². The summed E-state index contributed by atoms with van der Waals surface area (Å²) in [5.74, 6) is -0.501. The minimum Gasteiger partial charge on any atom is -0.385 e. The highest BCUT2D eigenvalue weighted by molar-refractivity contribution is 6.04. The van der Waals surface area contributed by atoms with Crippen LogP contribution in [0.5, 0.6) is 0 Å². The SMILES string of the molecule is COCCCNC(=O)[C@@H]1CCCN1C(=O)c1ccc(NC(=O)c2ccc(C)cc2)cc1. The lowest BCUT2D eigenvalue weighted by molar-refractivity contribution is -0.124. The number of amides is 3. The number of benzene rings is 2. The third-order valence-electron chi connectivity index (χ3n) is 5.34. The van der Waals surface area contributed by atoms with E-state index in [-0.39, 0.29) is 17.7 Å². The van der Waals surface area contributed by atoms with Crippen molar-refractivity contribution in [2.45, 2.75) is 32.2 Å². The average Bonchev–Trinajstić information content (AvgIpc) is 3.27. The van der Waals surface area contributed by atoms with Gasteiger partial charge in [0.05, 0.1) is 0 Å². The molecule has 164 valence electrons. The number of methoxy groups -OCH3 is 1. The number of rotatable bonds is 8. The van der Waals surface area contributed by atoms with Crippen molar-refractivity contribution in [1.82, 2.24) is 10.2 Å². The molecule has 0 aliphatic carbocycles. The van der Waals surface area contributed by atoms with Crippen LogP contribution in [0, 0.1) is 6.92 Å². The molecule has 1 aliphatic rings. The van der Waals surface area contributed by atoms with Gasteiger partial charge >= 0.3 is 0 Å². The van der Waals surface area contributed by atoms with Crippen molar-refractivity contribution < 1.29 is 19.1 Å². The summed E-state index contributed by atoms with van der Waals surface area (Å²) in [4.78, 5) is 39.4. The Morgan fingerprint density at radius 3 is 2.39 bits per heavy atom. The van der Waals surface area contributed by atoms with Crippen LogP contribution in [0.1, 0.15) is 45.5 Å². The van der Waals surface area contributed by atoms with Gasteiger partial charge < -0.3 is 20.3 Å². The molecule has 0 saturated carbocycles. The molecule has 0 aromatic heterocycles. The summed E-state index contributed by atoms with van der Waals surface area (Å²) in [6.07, 6.45) is 2.19. The lowest BCUT2D eigenvalue weighted by Gasteiger charge is -2.24. The standard InChI is InChI=1S/C24H29N3O4/c1-17-6-8-18(9-7-17)22(28)26-20-12-10-19(11-13-20)24(30)27-15-3-5-21(27)23(29)25-14-4-16-31-2/h6-13,21H,3-5,14-16H2,1-2H3,(H,25,29)(H,26,28)/t21-/m0/s1. The van der Waals surface area contributed by atoms with E-state index in [0.29, 0.717) is 42.9 Å². The number of ether oxygens (including phenoxy) is 1. The number of aryl methyl sites for hydroxylation is 1. The number of nitrogens with one attached hydrogen (secondary N) is 2. The molecule has 1 atom stereocenters. The Balaban J connectivity index is 1.59. The van der Waals surface area contributed by atoms with E-state index in [1.54, 1.807) is 48.4 Å². The molecule has 7 nitrogen and oxygen atoms in total. The van der Waals surface area contributed by atoms with Crippen molar-refractivity contribution in [2.24, 2.45) is 0 Å². The van der Waals surface area contributed by atoms with Crippen molar-refractivity contribution in [1.29, 1.82) is 0 Å². The molecule has 1 fully saturated rings. The van der Waals surface area contributed by atoms with Crippen LogP contribution >= 0.6 is 0 Å². The first-order valence-corrected chi connectivity index (χ1v) is 10.6. The number of anilines is 1. The largest absolute Gasteiger partial charge is 0.385 e. The van der Waals surface area contributed by atoms with Crippen LogP contribution in [0.25, 0.3) is 0 Å². The summed E-state index contributed by atoms with van der Waals surface area (Å²) in [5, 5.41) is 5.72. The van der Waals surface area contributed by atoms with Gasteiger partial charge in [-0.1, -0.05) is 17.7 Å². The van der Waals surface area contributed by atoms with Crippen molar-refractivity contribution in [3.05, 3.63) is 65.2 Å². The molecule has 3 amide bonds. The quantitative estimate of drug-likeness (QED) is 0.639. The molecule has 3 rings (SSSR count). The molecule has 2 aromatic rings. The Bertz CT molecular complexity index is 909. The van der Waals surface area contributed by atoms with Crippen molar-refractivity contribution >= 4 is 23.4 Å². The average molecular weight is 424 g/mol. The Hall–Kier alpha value is -3.19. The van der Waals surface area contributed by atoms with E-state index in [9.17, 15) is 14.4 Å². The maximum absolute atomic E-state index is 13.0. The third-order valence-corrected chi connectivity index (χ3v) is 5.34. The van der Waals surface area contributed by atoms with Gasteiger partial charge in [-0.05, 0) is 62.6 Å². The topological polar surface area (TPSA) is 87.7 Å². The molecular formula is C24H29N3O4. The van der Waals surface area contributed by atoms with E-state index in [1.807, 2.05) is 19.1 Å². The second-order valence-corrected chi connectivity index (χ2v) is 7.69. The Morgan fingerprint density at radius 1 is 1.03 bits per heavy atom. The smallest absolute Gasteiger partial charge is 0.255 e. The molecule has 7 heteroatoms. The first-order chi connectivity index (χ1) is 15.0. The molecule has 0 spiro atoms. The van der Waals surface area contributed by atoms with Crippen molar-refractivity contribution in [3.63, 3.8) is 0 Å². The highest BCUT2D eigenvalue weighted by Gasteiger charge is 2.34. The minimum absolute atomic E-state index is 0.121. The van der Waals surface area contributed by atoms with Crippen LogP contribution in [0.4, 0.5) is 5.69 Å². The van der Waals surface area contributed by atoms with E-state index in [4.69, 9.17) is 4.74 Å². The second kappa shape index (κ2) is 10.7. The van der Waals surface area contributed by atoms with Gasteiger partial charge in [-0.25, -0.2) is 0 Å². The van der Waals surface area contributed by atoms with Crippen LogP contribution < -0.4 is 10.6 Å². The molecule has 0 radical (unpaired) electrons. The van der Waals surface area contributed by atoms with Gasteiger partial charge in [0.1, 0.15) is 6.04 Å². The number of carbonyl (C=O) groups excluding carboxylic acids is 3. The van der Waals surface area contributed by atoms with Crippen molar-refractivity contribution in [2.75, 3.05) is 32.1 Å². The fraction of sp³-hybridized carbons (Fsp3) is 0.375.